The molecule has 11 heteroatoms. The lowest BCUT2D eigenvalue weighted by atomic mass is 10.0. The van der Waals surface area contributed by atoms with Gasteiger partial charge in [0.1, 0.15) is 17.1 Å². The molecule has 2 amide bonds. The smallest absolute Gasteiger partial charge is 0.326 e. The minimum Gasteiger partial charge on any atom is -0.497 e. The second kappa shape index (κ2) is 10.2. The van der Waals surface area contributed by atoms with Crippen LogP contribution in [0, 0.1) is 4.91 Å². The number of nitroso groups, excluding NO2 is 1. The van der Waals surface area contributed by atoms with Gasteiger partial charge in [-0.05, 0) is 60.5 Å². The second-order valence-corrected chi connectivity index (χ2v) is 9.69. The number of aromatic amines is 2. The van der Waals surface area contributed by atoms with Gasteiger partial charge in [0, 0.05) is 30.0 Å². The number of benzene rings is 3. The van der Waals surface area contributed by atoms with Crippen LogP contribution in [0.5, 0.6) is 5.75 Å². The van der Waals surface area contributed by atoms with E-state index in [0.717, 1.165) is 11.0 Å². The van der Waals surface area contributed by atoms with E-state index in [-0.39, 0.29) is 34.6 Å². The molecule has 1 aliphatic rings. The van der Waals surface area contributed by atoms with Crippen molar-refractivity contribution in [3.05, 3.63) is 93.4 Å². The van der Waals surface area contributed by atoms with E-state index in [1.165, 1.54) is 19.2 Å². The van der Waals surface area contributed by atoms with Crippen LogP contribution in [0.25, 0.3) is 21.9 Å². The Bertz CT molecular complexity index is 1830. The molecule has 1 fully saturated rings. The number of nitrogens with one attached hydrogen (secondary N) is 3. The molecule has 0 bridgehead atoms. The first-order valence-electron chi connectivity index (χ1n) is 12.9. The Morgan fingerprint density at radius 1 is 0.975 bits per heavy atom. The molecule has 202 valence electrons. The molecule has 1 saturated heterocycles. The zero-order chi connectivity index (χ0) is 27.8. The summed E-state index contributed by atoms with van der Waals surface area (Å²) in [5.41, 5.74) is 2.71. The van der Waals surface area contributed by atoms with Gasteiger partial charge in [-0.2, -0.15) is 0 Å². The number of ether oxygens (including phenoxy) is 1. The molecule has 0 aliphatic carbocycles. The van der Waals surface area contributed by atoms with Crippen molar-refractivity contribution in [2.24, 2.45) is 5.18 Å². The predicted octanol–water partition coefficient (Wildman–Crippen LogP) is 4.95. The monoisotopic (exact) mass is 538 g/mol. The molecule has 11 nitrogen and oxygen atoms in total. The number of nitrogens with zero attached hydrogens (tertiary/aromatic N) is 3. The fraction of sp³-hybridized carbons (Fsp3) is 0.207. The molecule has 0 radical (unpaired) electrons. The van der Waals surface area contributed by atoms with Crippen LogP contribution >= 0.6 is 0 Å². The molecule has 3 heterocycles. The lowest BCUT2D eigenvalue weighted by molar-refractivity contribution is 0.0691. The maximum Gasteiger partial charge on any atom is 0.326 e. The number of hydrogen-bond donors (Lipinski definition) is 3. The van der Waals surface area contributed by atoms with Gasteiger partial charge in [-0.3, -0.25) is 14.2 Å². The number of anilines is 1. The van der Waals surface area contributed by atoms with Crippen molar-refractivity contribution >= 4 is 45.1 Å². The van der Waals surface area contributed by atoms with E-state index in [1.54, 1.807) is 39.8 Å². The molecule has 3 N–H and O–H groups in total. The highest BCUT2D eigenvalue weighted by Gasteiger charge is 2.30. The maximum absolute atomic E-state index is 13.8. The van der Waals surface area contributed by atoms with Crippen molar-refractivity contribution in [3.8, 4) is 5.75 Å². The van der Waals surface area contributed by atoms with Crippen molar-refractivity contribution in [1.82, 2.24) is 19.4 Å². The minimum absolute atomic E-state index is 0.0000982. The Labute approximate surface area is 227 Å². The topological polar surface area (TPSA) is 142 Å². The van der Waals surface area contributed by atoms with Gasteiger partial charge < -0.3 is 24.9 Å². The Balaban J connectivity index is 1.30. The summed E-state index contributed by atoms with van der Waals surface area (Å²) in [5.74, 6) is -0.289. The Hall–Kier alpha value is -5.19. The molecule has 0 atom stereocenters. The molecular formula is C29H26N6O5. The first kappa shape index (κ1) is 25.1. The molecule has 0 saturated carbocycles. The number of aromatic nitrogens is 3. The Kier molecular flexibility index (Phi) is 6.39. The van der Waals surface area contributed by atoms with Crippen LogP contribution in [0.4, 0.5) is 11.4 Å². The molecule has 6 rings (SSSR count). The van der Waals surface area contributed by atoms with Gasteiger partial charge in [0.15, 0.2) is 0 Å². The maximum atomic E-state index is 13.8. The summed E-state index contributed by atoms with van der Waals surface area (Å²) in [6.45, 7) is 0.860. The second-order valence-electron chi connectivity index (χ2n) is 9.69. The summed E-state index contributed by atoms with van der Waals surface area (Å²) in [5, 5.41) is 6.38. The minimum atomic E-state index is -0.564. The highest BCUT2D eigenvalue weighted by Crippen LogP contribution is 2.34. The number of carbonyl (C=O) groups is 2. The summed E-state index contributed by atoms with van der Waals surface area (Å²) < 4.78 is 7.14. The quantitative estimate of drug-likeness (QED) is 0.262. The predicted molar refractivity (Wildman–Crippen MR) is 151 cm³/mol. The normalized spacial score (nSPS) is 14.0. The molecule has 2 aromatic heterocycles. The van der Waals surface area contributed by atoms with E-state index in [1.807, 2.05) is 24.3 Å². The summed E-state index contributed by atoms with van der Waals surface area (Å²) >= 11 is 0. The van der Waals surface area contributed by atoms with Crippen LogP contribution in [-0.4, -0.2) is 51.4 Å². The number of hydrogen-bond acceptors (Lipinski definition) is 6. The van der Waals surface area contributed by atoms with Crippen LogP contribution in [-0.2, 0) is 0 Å². The lowest BCUT2D eigenvalue weighted by Crippen LogP contribution is -2.40. The molecule has 1 aliphatic heterocycles. The van der Waals surface area contributed by atoms with Crippen molar-refractivity contribution in [2.45, 2.75) is 18.9 Å². The molecule has 5 aromatic rings. The average Bonchev–Trinajstić information content (AvgIpc) is 3.52. The van der Waals surface area contributed by atoms with Crippen molar-refractivity contribution in [3.63, 3.8) is 0 Å². The van der Waals surface area contributed by atoms with Gasteiger partial charge in [-0.15, -0.1) is 4.91 Å². The van der Waals surface area contributed by atoms with Crippen LogP contribution in [0.2, 0.25) is 0 Å². The summed E-state index contributed by atoms with van der Waals surface area (Å²) in [4.78, 5) is 58.8. The van der Waals surface area contributed by atoms with Gasteiger partial charge in [0.2, 0.25) is 0 Å². The van der Waals surface area contributed by atoms with Gasteiger partial charge in [0.25, 0.3) is 11.8 Å². The third-order valence-corrected chi connectivity index (χ3v) is 7.45. The summed E-state index contributed by atoms with van der Waals surface area (Å²) in [6, 6.07) is 19.0. The standard InChI is InChI=1S/C29H26N6O5/c1-40-18-10-11-21-20(16-18)25(32-27(36)19-6-2-3-7-22(19)33-39)26(30-21)28(37)34-14-12-17(13-15-34)35-24-9-5-4-8-23(24)31-29(35)38/h2-11,16-17,30H,12-15H2,1H3,(H,31,38)(H,32,36). The molecular weight excluding hydrogens is 512 g/mol. The number of piperidine rings is 1. The van der Waals surface area contributed by atoms with E-state index >= 15 is 0 Å². The zero-order valence-electron chi connectivity index (χ0n) is 21.6. The number of fused-ring (bicyclic) bond motifs is 2. The molecule has 0 spiro atoms. The van der Waals surface area contributed by atoms with Crippen LogP contribution in [0.1, 0.15) is 39.7 Å². The number of amides is 2. The van der Waals surface area contributed by atoms with E-state index in [2.05, 4.69) is 20.5 Å². The number of para-hydroxylation sites is 2. The molecule has 40 heavy (non-hydrogen) atoms. The fourth-order valence-corrected chi connectivity index (χ4v) is 5.44. The van der Waals surface area contributed by atoms with Crippen molar-refractivity contribution < 1.29 is 14.3 Å². The van der Waals surface area contributed by atoms with Gasteiger partial charge in [-0.25, -0.2) is 4.79 Å². The largest absolute Gasteiger partial charge is 0.497 e. The van der Waals surface area contributed by atoms with Crippen LogP contribution in [0.15, 0.2) is 76.7 Å². The summed E-state index contributed by atoms with van der Waals surface area (Å²) in [7, 11) is 1.54. The highest BCUT2D eigenvalue weighted by atomic mass is 16.5. The Morgan fingerprint density at radius 2 is 1.73 bits per heavy atom. The van der Waals surface area contributed by atoms with Gasteiger partial charge in [0.05, 0.1) is 29.4 Å². The average molecular weight is 539 g/mol. The highest BCUT2D eigenvalue weighted by molar-refractivity contribution is 6.16. The zero-order valence-corrected chi connectivity index (χ0v) is 21.6. The van der Waals surface area contributed by atoms with Crippen LogP contribution in [0.3, 0.4) is 0 Å². The SMILES string of the molecule is COc1ccc2[nH]c(C(=O)N3CCC(n4c(=O)[nH]c5ccccc54)CC3)c(NC(=O)c3ccccc3N=O)c2c1. The van der Waals surface area contributed by atoms with Gasteiger partial charge >= 0.3 is 5.69 Å². The number of likely N-dealkylation sites (tertiary alicyclic amines) is 1. The molecule has 3 aromatic carbocycles. The van der Waals surface area contributed by atoms with E-state index < -0.39 is 5.91 Å². The lowest BCUT2D eigenvalue weighted by Gasteiger charge is -2.32. The number of rotatable bonds is 6. The van der Waals surface area contributed by atoms with Gasteiger partial charge in [-0.1, -0.05) is 24.3 Å². The van der Waals surface area contributed by atoms with E-state index in [4.69, 9.17) is 4.74 Å². The fourth-order valence-electron chi connectivity index (χ4n) is 5.44. The number of carbonyl (C=O) groups excluding carboxylic acids is 2. The van der Waals surface area contributed by atoms with Crippen LogP contribution < -0.4 is 15.7 Å². The number of methoxy groups -OCH3 is 1. The summed E-state index contributed by atoms with van der Waals surface area (Å²) in [6.07, 6.45) is 1.20. The van der Waals surface area contributed by atoms with E-state index in [9.17, 15) is 19.3 Å². The third-order valence-electron chi connectivity index (χ3n) is 7.45. The van der Waals surface area contributed by atoms with Crippen molar-refractivity contribution in [1.29, 1.82) is 0 Å². The third kappa shape index (κ3) is 4.31. The first-order chi connectivity index (χ1) is 19.5. The number of imidazole rings is 1. The van der Waals surface area contributed by atoms with E-state index in [0.29, 0.717) is 48.3 Å². The molecule has 0 unspecified atom stereocenters. The number of H-pyrrole nitrogens is 2. The first-order valence-corrected chi connectivity index (χ1v) is 12.9. The van der Waals surface area contributed by atoms with Crippen molar-refractivity contribution in [2.75, 3.05) is 25.5 Å². The Morgan fingerprint density at radius 3 is 2.50 bits per heavy atom.